The summed E-state index contributed by atoms with van der Waals surface area (Å²) >= 11 is 5.99. The van der Waals surface area contributed by atoms with Crippen molar-refractivity contribution in [1.29, 1.82) is 0 Å². The van der Waals surface area contributed by atoms with E-state index >= 15 is 0 Å². The van der Waals surface area contributed by atoms with Crippen LogP contribution in [0.5, 0.6) is 0 Å². The molecule has 4 rings (SSSR count). The number of H-pyrrole nitrogens is 1. The van der Waals surface area contributed by atoms with Gasteiger partial charge in [0.15, 0.2) is 0 Å². The number of aromatic nitrogens is 1. The zero-order chi connectivity index (χ0) is 24.8. The number of hydrogen-bond donors (Lipinski definition) is 3. The molecule has 7 nitrogen and oxygen atoms in total. The average molecular weight is 496 g/mol. The number of benzene rings is 2. The van der Waals surface area contributed by atoms with Gasteiger partial charge in [0.05, 0.1) is 7.11 Å². The number of esters is 1. The number of anilines is 1. The molecule has 0 aliphatic heterocycles. The van der Waals surface area contributed by atoms with Crippen LogP contribution in [-0.4, -0.2) is 36.4 Å². The molecular formula is C27H30ClN3O4. The van der Waals surface area contributed by atoms with Crippen LogP contribution in [0.3, 0.4) is 0 Å². The number of carbonyl (C=O) groups is 3. The smallest absolute Gasteiger partial charge is 0.305 e. The van der Waals surface area contributed by atoms with Crippen LogP contribution in [0.4, 0.5) is 5.69 Å². The van der Waals surface area contributed by atoms with E-state index < -0.39 is 0 Å². The van der Waals surface area contributed by atoms with Gasteiger partial charge in [0, 0.05) is 41.0 Å². The van der Waals surface area contributed by atoms with Crippen molar-refractivity contribution in [1.82, 2.24) is 10.3 Å². The third kappa shape index (κ3) is 6.63. The molecule has 2 amide bonds. The van der Waals surface area contributed by atoms with E-state index in [9.17, 15) is 14.4 Å². The van der Waals surface area contributed by atoms with E-state index in [1.54, 1.807) is 18.2 Å². The molecule has 0 bridgehead atoms. The molecule has 1 fully saturated rings. The molecule has 3 N–H and O–H groups in total. The van der Waals surface area contributed by atoms with Gasteiger partial charge in [0.25, 0.3) is 5.91 Å². The van der Waals surface area contributed by atoms with Crippen LogP contribution in [0, 0.1) is 5.92 Å². The van der Waals surface area contributed by atoms with Crippen LogP contribution in [0.25, 0.3) is 10.9 Å². The van der Waals surface area contributed by atoms with Crippen LogP contribution in [0.1, 0.15) is 60.5 Å². The molecule has 1 heterocycles. The fourth-order valence-electron chi connectivity index (χ4n) is 4.69. The highest BCUT2D eigenvalue weighted by Crippen LogP contribution is 2.37. The molecule has 1 aliphatic rings. The molecule has 35 heavy (non-hydrogen) atoms. The standard InChI is InChI=1S/C27H30ClN3O4/c1-35-26(33)14-17-2-4-18(5-3-17)19-6-9-22(10-7-19)30-25(32)12-13-29-27(34)24-16-20-15-21(28)8-11-23(20)31-24/h6-11,15-18,31H,2-5,12-14H2,1H3,(H,29,34)(H,30,32)/t17-,18-. The summed E-state index contributed by atoms with van der Waals surface area (Å²) in [5.41, 5.74) is 3.25. The van der Waals surface area contributed by atoms with E-state index in [0.29, 0.717) is 29.0 Å². The Kier molecular flexibility index (Phi) is 8.08. The Morgan fingerprint density at radius 2 is 1.77 bits per heavy atom. The van der Waals surface area contributed by atoms with E-state index in [1.807, 2.05) is 18.2 Å². The predicted molar refractivity (Wildman–Crippen MR) is 137 cm³/mol. The second-order valence-corrected chi connectivity index (χ2v) is 9.53. The molecule has 1 aromatic heterocycles. The Labute approximate surface area is 209 Å². The first-order valence-corrected chi connectivity index (χ1v) is 12.3. The SMILES string of the molecule is COC(=O)C[C@H]1CC[C@H](c2ccc(NC(=O)CCNC(=O)c3cc4cc(Cl)ccc4[nH]3)cc2)CC1. The third-order valence-corrected chi connectivity index (χ3v) is 6.90. The largest absolute Gasteiger partial charge is 0.469 e. The number of carbonyl (C=O) groups excluding carboxylic acids is 3. The first kappa shape index (κ1) is 24.8. The van der Waals surface area contributed by atoms with Crippen molar-refractivity contribution in [2.45, 2.75) is 44.4 Å². The first-order valence-electron chi connectivity index (χ1n) is 11.9. The monoisotopic (exact) mass is 495 g/mol. The second kappa shape index (κ2) is 11.4. The van der Waals surface area contributed by atoms with Crippen LogP contribution in [0.15, 0.2) is 48.5 Å². The van der Waals surface area contributed by atoms with Gasteiger partial charge in [0.2, 0.25) is 5.91 Å². The van der Waals surface area contributed by atoms with Crippen molar-refractivity contribution < 1.29 is 19.1 Å². The Bertz CT molecular complexity index is 1200. The molecule has 184 valence electrons. The number of amides is 2. The quantitative estimate of drug-likeness (QED) is 0.363. The number of halogens is 1. The molecular weight excluding hydrogens is 466 g/mol. The van der Waals surface area contributed by atoms with Crippen LogP contribution in [-0.2, 0) is 14.3 Å². The molecule has 8 heteroatoms. The lowest BCUT2D eigenvalue weighted by molar-refractivity contribution is -0.142. The minimum absolute atomic E-state index is 0.128. The van der Waals surface area contributed by atoms with Gasteiger partial charge >= 0.3 is 5.97 Å². The number of aromatic amines is 1. The summed E-state index contributed by atoms with van der Waals surface area (Å²) in [5.74, 6) is 0.328. The number of rotatable bonds is 8. The van der Waals surface area contributed by atoms with Gasteiger partial charge in [-0.2, -0.15) is 0 Å². The van der Waals surface area contributed by atoms with Gasteiger partial charge in [-0.05, 0) is 79.5 Å². The second-order valence-electron chi connectivity index (χ2n) is 9.09. The summed E-state index contributed by atoms with van der Waals surface area (Å²) in [6.45, 7) is 0.230. The molecule has 3 aromatic rings. The zero-order valence-electron chi connectivity index (χ0n) is 19.7. The van der Waals surface area contributed by atoms with E-state index in [2.05, 4.69) is 27.8 Å². The lowest BCUT2D eigenvalue weighted by Gasteiger charge is -2.28. The van der Waals surface area contributed by atoms with E-state index in [1.165, 1.54) is 12.7 Å². The van der Waals surface area contributed by atoms with Crippen molar-refractivity contribution in [2.24, 2.45) is 5.92 Å². The van der Waals surface area contributed by atoms with Gasteiger partial charge in [-0.3, -0.25) is 14.4 Å². The molecule has 0 atom stereocenters. The fourth-order valence-corrected chi connectivity index (χ4v) is 4.87. The Morgan fingerprint density at radius 1 is 1.03 bits per heavy atom. The minimum Gasteiger partial charge on any atom is -0.469 e. The van der Waals surface area contributed by atoms with Crippen molar-refractivity contribution >= 4 is 46.0 Å². The number of hydrogen-bond acceptors (Lipinski definition) is 4. The van der Waals surface area contributed by atoms with Gasteiger partial charge in [-0.15, -0.1) is 0 Å². The lowest BCUT2D eigenvalue weighted by atomic mass is 9.77. The fraction of sp³-hybridized carbons (Fsp3) is 0.370. The van der Waals surface area contributed by atoms with Crippen molar-refractivity contribution in [3.8, 4) is 0 Å². The highest BCUT2D eigenvalue weighted by atomic mass is 35.5. The minimum atomic E-state index is -0.268. The summed E-state index contributed by atoms with van der Waals surface area (Å²) in [5, 5.41) is 7.12. The van der Waals surface area contributed by atoms with Crippen molar-refractivity contribution in [3.63, 3.8) is 0 Å². The summed E-state index contributed by atoms with van der Waals surface area (Å²) in [4.78, 5) is 39.2. The number of fused-ring (bicyclic) bond motifs is 1. The molecule has 1 aliphatic carbocycles. The third-order valence-electron chi connectivity index (χ3n) is 6.66. The zero-order valence-corrected chi connectivity index (χ0v) is 20.5. The molecule has 0 radical (unpaired) electrons. The summed E-state index contributed by atoms with van der Waals surface area (Å²) in [6.07, 6.45) is 4.83. The average Bonchev–Trinajstić information content (AvgIpc) is 3.28. The molecule has 1 saturated carbocycles. The Hall–Kier alpha value is -3.32. The first-order chi connectivity index (χ1) is 16.9. The normalized spacial score (nSPS) is 17.7. The molecule has 0 spiro atoms. The van der Waals surface area contributed by atoms with E-state index in [4.69, 9.17) is 16.3 Å². The van der Waals surface area contributed by atoms with Gasteiger partial charge < -0.3 is 20.4 Å². The van der Waals surface area contributed by atoms with Crippen molar-refractivity contribution in [3.05, 3.63) is 64.8 Å². The summed E-state index contributed by atoms with van der Waals surface area (Å²) < 4.78 is 4.78. The van der Waals surface area contributed by atoms with Crippen LogP contribution in [0.2, 0.25) is 5.02 Å². The number of methoxy groups -OCH3 is 1. The van der Waals surface area contributed by atoms with Crippen LogP contribution < -0.4 is 10.6 Å². The maximum absolute atomic E-state index is 12.4. The maximum atomic E-state index is 12.4. The summed E-state index contributed by atoms with van der Waals surface area (Å²) in [7, 11) is 1.44. The highest BCUT2D eigenvalue weighted by molar-refractivity contribution is 6.31. The predicted octanol–water partition coefficient (Wildman–Crippen LogP) is 5.42. The summed E-state index contributed by atoms with van der Waals surface area (Å²) in [6, 6.07) is 15.1. The Morgan fingerprint density at radius 3 is 2.49 bits per heavy atom. The van der Waals surface area contributed by atoms with Gasteiger partial charge in [-0.25, -0.2) is 0 Å². The van der Waals surface area contributed by atoms with Crippen LogP contribution >= 0.6 is 11.6 Å². The maximum Gasteiger partial charge on any atom is 0.305 e. The van der Waals surface area contributed by atoms with Gasteiger partial charge in [-0.1, -0.05) is 23.7 Å². The molecule has 0 unspecified atom stereocenters. The Balaban J connectivity index is 1.20. The number of ether oxygens (including phenoxy) is 1. The van der Waals surface area contributed by atoms with Crippen molar-refractivity contribution in [2.75, 3.05) is 19.0 Å². The number of nitrogens with one attached hydrogen (secondary N) is 3. The highest BCUT2D eigenvalue weighted by Gasteiger charge is 2.24. The topological polar surface area (TPSA) is 100 Å². The van der Waals surface area contributed by atoms with Gasteiger partial charge in [0.1, 0.15) is 5.69 Å². The molecule has 0 saturated heterocycles. The van der Waals surface area contributed by atoms with E-state index in [0.717, 1.165) is 42.3 Å². The molecule has 2 aromatic carbocycles. The lowest BCUT2D eigenvalue weighted by Crippen LogP contribution is -2.27. The van der Waals surface area contributed by atoms with E-state index in [-0.39, 0.29) is 30.7 Å².